The molecule has 0 saturated carbocycles. The van der Waals surface area contributed by atoms with Crippen molar-refractivity contribution in [3.8, 4) is 6.07 Å². The number of hydrogen-bond acceptors (Lipinski definition) is 4. The standard InChI is InChI=1S/C18H18N2O2S/c1-12-8-16(13(2)23-12)17(21)6-7-18(22)20-11-15-5-3-4-14(9-15)10-19/h3-5,8-9H,6-7,11H2,1-2H3,(H,20,22). The molecule has 23 heavy (non-hydrogen) atoms. The molecule has 1 N–H and O–H groups in total. The highest BCUT2D eigenvalue weighted by Gasteiger charge is 2.13. The lowest BCUT2D eigenvalue weighted by Gasteiger charge is -2.05. The first-order valence-corrected chi connectivity index (χ1v) is 8.17. The maximum Gasteiger partial charge on any atom is 0.220 e. The van der Waals surface area contributed by atoms with Crippen LogP contribution in [0.1, 0.15) is 44.1 Å². The molecule has 4 nitrogen and oxygen atoms in total. The second-order valence-electron chi connectivity index (χ2n) is 5.34. The molecule has 2 aromatic rings. The maximum absolute atomic E-state index is 12.1. The number of carbonyl (C=O) groups is 2. The molecule has 0 aliphatic rings. The lowest BCUT2D eigenvalue weighted by atomic mass is 10.1. The van der Waals surface area contributed by atoms with Gasteiger partial charge in [-0.3, -0.25) is 9.59 Å². The second kappa shape index (κ2) is 7.70. The largest absolute Gasteiger partial charge is 0.352 e. The highest BCUT2D eigenvalue weighted by Crippen LogP contribution is 2.22. The van der Waals surface area contributed by atoms with Gasteiger partial charge in [-0.2, -0.15) is 5.26 Å². The molecule has 0 aliphatic carbocycles. The molecule has 2 rings (SSSR count). The fraction of sp³-hybridized carbons (Fsp3) is 0.278. The number of hydrogen-bond donors (Lipinski definition) is 1. The van der Waals surface area contributed by atoms with Crippen molar-refractivity contribution >= 4 is 23.0 Å². The van der Waals surface area contributed by atoms with Crippen LogP contribution in [-0.4, -0.2) is 11.7 Å². The summed E-state index contributed by atoms with van der Waals surface area (Å²) in [6, 6.07) is 11.0. The molecule has 118 valence electrons. The van der Waals surface area contributed by atoms with E-state index in [9.17, 15) is 9.59 Å². The Kier molecular flexibility index (Phi) is 5.67. The summed E-state index contributed by atoms with van der Waals surface area (Å²) in [6.07, 6.45) is 0.381. The molecule has 0 saturated heterocycles. The normalized spacial score (nSPS) is 10.1. The molecule has 0 atom stereocenters. The van der Waals surface area contributed by atoms with Gasteiger partial charge in [0, 0.05) is 34.7 Å². The molecule has 0 unspecified atom stereocenters. The van der Waals surface area contributed by atoms with Gasteiger partial charge in [0.05, 0.1) is 11.6 Å². The van der Waals surface area contributed by atoms with Gasteiger partial charge in [-0.15, -0.1) is 11.3 Å². The van der Waals surface area contributed by atoms with E-state index in [1.165, 1.54) is 0 Å². The minimum atomic E-state index is -0.162. The fourth-order valence-electron chi connectivity index (χ4n) is 2.31. The highest BCUT2D eigenvalue weighted by molar-refractivity contribution is 7.12. The Morgan fingerprint density at radius 1 is 1.22 bits per heavy atom. The molecule has 1 heterocycles. The van der Waals surface area contributed by atoms with Crippen molar-refractivity contribution in [3.05, 3.63) is 56.8 Å². The van der Waals surface area contributed by atoms with Gasteiger partial charge in [0.25, 0.3) is 0 Å². The van der Waals surface area contributed by atoms with Gasteiger partial charge in [0.15, 0.2) is 5.78 Å². The van der Waals surface area contributed by atoms with Gasteiger partial charge < -0.3 is 5.32 Å². The quantitative estimate of drug-likeness (QED) is 0.826. The van der Waals surface area contributed by atoms with Crippen LogP contribution in [0.5, 0.6) is 0 Å². The number of ketones is 1. The van der Waals surface area contributed by atoms with Gasteiger partial charge in [0.2, 0.25) is 5.91 Å². The molecule has 5 heteroatoms. The number of nitrogens with one attached hydrogen (secondary N) is 1. The number of nitrogens with zero attached hydrogens (tertiary/aromatic N) is 1. The summed E-state index contributed by atoms with van der Waals surface area (Å²) in [5, 5.41) is 11.6. The molecule has 1 amide bonds. The molecule has 0 fully saturated rings. The minimum absolute atomic E-state index is 0.00785. The van der Waals surface area contributed by atoms with Crippen molar-refractivity contribution in [1.82, 2.24) is 5.32 Å². The number of Topliss-reactive ketones (excluding diaryl/α,β-unsaturated/α-hetero) is 1. The summed E-state index contributed by atoms with van der Waals surface area (Å²) in [6.45, 7) is 4.25. The van der Waals surface area contributed by atoms with E-state index in [-0.39, 0.29) is 24.5 Å². The van der Waals surface area contributed by atoms with Gasteiger partial charge in [0.1, 0.15) is 0 Å². The number of amides is 1. The van der Waals surface area contributed by atoms with Crippen LogP contribution in [0.15, 0.2) is 30.3 Å². The summed E-state index contributed by atoms with van der Waals surface area (Å²) in [4.78, 5) is 26.1. The Bertz CT molecular complexity index is 772. The molecular weight excluding hydrogens is 308 g/mol. The number of nitriles is 1. The summed E-state index contributed by atoms with van der Waals surface area (Å²) in [5.41, 5.74) is 2.16. The predicted molar refractivity (Wildman–Crippen MR) is 90.4 cm³/mol. The lowest BCUT2D eigenvalue weighted by molar-refractivity contribution is -0.121. The number of carbonyl (C=O) groups excluding carboxylic acids is 2. The predicted octanol–water partition coefficient (Wildman–Crippen LogP) is 3.52. The topological polar surface area (TPSA) is 70.0 Å². The van der Waals surface area contributed by atoms with E-state index >= 15 is 0 Å². The molecule has 1 aromatic heterocycles. The molecule has 0 bridgehead atoms. The molecular formula is C18H18N2O2S. The Balaban J connectivity index is 1.82. The minimum Gasteiger partial charge on any atom is -0.352 e. The third kappa shape index (κ3) is 4.76. The van der Waals surface area contributed by atoms with Crippen molar-refractivity contribution in [2.75, 3.05) is 0 Å². The van der Waals surface area contributed by atoms with Crippen LogP contribution < -0.4 is 5.32 Å². The SMILES string of the molecule is Cc1cc(C(=O)CCC(=O)NCc2cccc(C#N)c2)c(C)s1. The van der Waals surface area contributed by atoms with E-state index in [0.29, 0.717) is 12.1 Å². The average Bonchev–Trinajstić information content (AvgIpc) is 2.89. The van der Waals surface area contributed by atoms with Crippen LogP contribution in [0.25, 0.3) is 0 Å². The number of thiophene rings is 1. The van der Waals surface area contributed by atoms with E-state index in [1.807, 2.05) is 26.0 Å². The fourth-order valence-corrected chi connectivity index (χ4v) is 3.25. The summed E-state index contributed by atoms with van der Waals surface area (Å²) in [7, 11) is 0. The summed E-state index contributed by atoms with van der Waals surface area (Å²) in [5.74, 6) is -0.154. The average molecular weight is 326 g/mol. The zero-order valence-corrected chi connectivity index (χ0v) is 14.0. The van der Waals surface area contributed by atoms with Crippen molar-refractivity contribution < 1.29 is 9.59 Å². The van der Waals surface area contributed by atoms with Gasteiger partial charge in [-0.1, -0.05) is 12.1 Å². The second-order valence-corrected chi connectivity index (χ2v) is 6.80. The Morgan fingerprint density at radius 3 is 2.65 bits per heavy atom. The number of benzene rings is 1. The summed E-state index contributed by atoms with van der Waals surface area (Å²) < 4.78 is 0. The van der Waals surface area contributed by atoms with Crippen LogP contribution >= 0.6 is 11.3 Å². The third-order valence-electron chi connectivity index (χ3n) is 3.47. The Hall–Kier alpha value is -2.45. The van der Waals surface area contributed by atoms with E-state index in [2.05, 4.69) is 11.4 Å². The Labute approximate surface area is 139 Å². The van der Waals surface area contributed by atoms with Crippen LogP contribution in [-0.2, 0) is 11.3 Å². The molecule has 0 aliphatic heterocycles. The van der Waals surface area contributed by atoms with Gasteiger partial charge >= 0.3 is 0 Å². The van der Waals surface area contributed by atoms with Crippen LogP contribution in [0.3, 0.4) is 0 Å². The maximum atomic E-state index is 12.1. The zero-order valence-electron chi connectivity index (χ0n) is 13.2. The smallest absolute Gasteiger partial charge is 0.220 e. The molecule has 0 spiro atoms. The van der Waals surface area contributed by atoms with Crippen LogP contribution in [0.2, 0.25) is 0 Å². The summed E-state index contributed by atoms with van der Waals surface area (Å²) >= 11 is 1.60. The van der Waals surface area contributed by atoms with E-state index in [4.69, 9.17) is 5.26 Å². The number of aryl methyl sites for hydroxylation is 2. The van der Waals surface area contributed by atoms with Crippen molar-refractivity contribution in [2.45, 2.75) is 33.2 Å². The molecule has 0 radical (unpaired) electrons. The van der Waals surface area contributed by atoms with Gasteiger partial charge in [-0.25, -0.2) is 0 Å². The van der Waals surface area contributed by atoms with Crippen molar-refractivity contribution in [1.29, 1.82) is 5.26 Å². The first-order chi connectivity index (χ1) is 11.0. The first-order valence-electron chi connectivity index (χ1n) is 7.35. The first kappa shape index (κ1) is 16.9. The van der Waals surface area contributed by atoms with Crippen LogP contribution in [0.4, 0.5) is 0 Å². The third-order valence-corrected chi connectivity index (χ3v) is 4.43. The monoisotopic (exact) mass is 326 g/mol. The Morgan fingerprint density at radius 2 is 2.00 bits per heavy atom. The van der Waals surface area contributed by atoms with Crippen molar-refractivity contribution in [2.24, 2.45) is 0 Å². The molecule has 1 aromatic carbocycles. The van der Waals surface area contributed by atoms with E-state index in [1.54, 1.807) is 29.5 Å². The van der Waals surface area contributed by atoms with E-state index < -0.39 is 0 Å². The lowest BCUT2D eigenvalue weighted by Crippen LogP contribution is -2.23. The van der Waals surface area contributed by atoms with Crippen molar-refractivity contribution in [3.63, 3.8) is 0 Å². The van der Waals surface area contributed by atoms with E-state index in [0.717, 1.165) is 20.9 Å². The zero-order chi connectivity index (χ0) is 16.8. The van der Waals surface area contributed by atoms with Crippen LogP contribution in [0, 0.1) is 25.2 Å². The number of rotatable bonds is 6. The van der Waals surface area contributed by atoms with Gasteiger partial charge in [-0.05, 0) is 37.6 Å². The highest BCUT2D eigenvalue weighted by atomic mass is 32.1.